The van der Waals surface area contributed by atoms with Crippen LogP contribution in [0.25, 0.3) is 0 Å². The van der Waals surface area contributed by atoms with E-state index in [-0.39, 0.29) is 17.0 Å². The van der Waals surface area contributed by atoms with Gasteiger partial charge < -0.3 is 10.6 Å². The molecule has 4 amide bonds. The number of hydrogen-bond acceptors (Lipinski definition) is 5. The first kappa shape index (κ1) is 24.0. The Labute approximate surface area is 203 Å². The van der Waals surface area contributed by atoms with Gasteiger partial charge in [0, 0.05) is 17.8 Å². The molecule has 0 radical (unpaired) electrons. The van der Waals surface area contributed by atoms with Crippen LogP contribution in [0.15, 0.2) is 83.8 Å². The molecule has 1 heterocycles. The summed E-state index contributed by atoms with van der Waals surface area (Å²) in [7, 11) is -3.88. The average molecular weight is 493 g/mol. The van der Waals surface area contributed by atoms with Crippen molar-refractivity contribution in [3.8, 4) is 0 Å². The zero-order valence-corrected chi connectivity index (χ0v) is 19.9. The van der Waals surface area contributed by atoms with Gasteiger partial charge >= 0.3 is 6.03 Å². The summed E-state index contributed by atoms with van der Waals surface area (Å²) in [6, 6.07) is 20.5. The van der Waals surface area contributed by atoms with Gasteiger partial charge in [0.25, 0.3) is 21.8 Å². The highest BCUT2D eigenvalue weighted by atomic mass is 32.2. The molecule has 1 aliphatic rings. The Morgan fingerprint density at radius 3 is 2.26 bits per heavy atom. The Bertz CT molecular complexity index is 1390. The van der Waals surface area contributed by atoms with Crippen molar-refractivity contribution >= 4 is 39.2 Å². The van der Waals surface area contributed by atoms with Crippen LogP contribution in [-0.4, -0.2) is 32.8 Å². The van der Waals surface area contributed by atoms with Crippen LogP contribution in [0, 0.1) is 0 Å². The van der Waals surface area contributed by atoms with Gasteiger partial charge in [-0.2, -0.15) is 0 Å². The summed E-state index contributed by atoms with van der Waals surface area (Å²) in [6.45, 7) is 3.56. The van der Waals surface area contributed by atoms with Crippen molar-refractivity contribution in [3.63, 3.8) is 0 Å². The molecule has 3 aromatic carbocycles. The number of carbonyl (C=O) groups is 3. The van der Waals surface area contributed by atoms with E-state index in [0.29, 0.717) is 16.9 Å². The van der Waals surface area contributed by atoms with E-state index in [0.717, 1.165) is 0 Å². The number of anilines is 2. The molecule has 0 saturated carbocycles. The van der Waals surface area contributed by atoms with Crippen LogP contribution in [0.3, 0.4) is 0 Å². The third-order valence-corrected chi connectivity index (χ3v) is 7.68. The zero-order valence-electron chi connectivity index (χ0n) is 19.1. The quantitative estimate of drug-likeness (QED) is 0.437. The number of nitrogens with zero attached hydrogens (tertiary/aromatic N) is 1. The lowest BCUT2D eigenvalue weighted by Crippen LogP contribution is -2.40. The molecule has 9 nitrogen and oxygen atoms in total. The molecule has 35 heavy (non-hydrogen) atoms. The monoisotopic (exact) mass is 492 g/mol. The van der Waals surface area contributed by atoms with Crippen LogP contribution in [0.1, 0.15) is 29.8 Å². The Kier molecular flexibility index (Phi) is 6.31. The second-order valence-electron chi connectivity index (χ2n) is 8.10. The average Bonchev–Trinajstić information content (AvgIpc) is 3.12. The number of amides is 4. The van der Waals surface area contributed by atoms with Gasteiger partial charge in [0.15, 0.2) is 0 Å². The van der Waals surface area contributed by atoms with Crippen molar-refractivity contribution in [3.05, 3.63) is 90.0 Å². The van der Waals surface area contributed by atoms with Gasteiger partial charge in [0.2, 0.25) is 0 Å². The lowest BCUT2D eigenvalue weighted by Gasteiger charge is -2.23. The fourth-order valence-electron chi connectivity index (χ4n) is 3.85. The minimum atomic E-state index is -3.88. The van der Waals surface area contributed by atoms with Crippen molar-refractivity contribution in [1.82, 2.24) is 10.6 Å². The molecule has 3 N–H and O–H groups in total. The molecule has 1 atom stereocenters. The molecule has 1 unspecified atom stereocenters. The zero-order chi connectivity index (χ0) is 25.2. The number of hydrogen-bond donors (Lipinski definition) is 3. The summed E-state index contributed by atoms with van der Waals surface area (Å²) < 4.78 is 27.8. The minimum absolute atomic E-state index is 0.00196. The number of para-hydroxylation sites is 1. The maximum absolute atomic E-state index is 13.3. The first-order valence-corrected chi connectivity index (χ1v) is 12.3. The van der Waals surface area contributed by atoms with E-state index in [1.54, 1.807) is 68.4 Å². The number of benzene rings is 3. The van der Waals surface area contributed by atoms with Gasteiger partial charge in [-0.05, 0) is 61.9 Å². The predicted molar refractivity (Wildman–Crippen MR) is 132 cm³/mol. The molecular formula is C25H24N4O5S. The summed E-state index contributed by atoms with van der Waals surface area (Å²) in [6.07, 6.45) is 0. The van der Waals surface area contributed by atoms with Gasteiger partial charge in [-0.1, -0.05) is 36.4 Å². The molecule has 3 aromatic rings. The number of imide groups is 1. The van der Waals surface area contributed by atoms with E-state index < -0.39 is 33.4 Å². The SMILES string of the molecule is CCN(c1ccccc1)S(=O)(=O)c1cccc(C(=O)Nc2ccc(C3(C)NC(=O)NC3=O)cc2)c1. The summed E-state index contributed by atoms with van der Waals surface area (Å²) in [4.78, 5) is 36.5. The maximum atomic E-state index is 13.3. The lowest BCUT2D eigenvalue weighted by atomic mass is 9.92. The Balaban J connectivity index is 1.53. The number of rotatable bonds is 7. The van der Waals surface area contributed by atoms with E-state index in [9.17, 15) is 22.8 Å². The topological polar surface area (TPSA) is 125 Å². The van der Waals surface area contributed by atoms with Crippen molar-refractivity contribution in [1.29, 1.82) is 0 Å². The maximum Gasteiger partial charge on any atom is 0.322 e. The molecule has 0 aromatic heterocycles. The number of carbonyl (C=O) groups excluding carboxylic acids is 3. The van der Waals surface area contributed by atoms with E-state index >= 15 is 0 Å². The normalized spacial score (nSPS) is 17.4. The fourth-order valence-corrected chi connectivity index (χ4v) is 5.37. The van der Waals surface area contributed by atoms with Crippen LogP contribution in [-0.2, 0) is 20.4 Å². The summed E-state index contributed by atoms with van der Waals surface area (Å²) in [5, 5.41) is 7.51. The van der Waals surface area contributed by atoms with Gasteiger partial charge in [-0.3, -0.25) is 19.2 Å². The molecular weight excluding hydrogens is 468 g/mol. The van der Waals surface area contributed by atoms with Crippen molar-refractivity contribution < 1.29 is 22.8 Å². The number of sulfonamides is 1. The molecule has 4 rings (SSSR count). The van der Waals surface area contributed by atoms with Crippen molar-refractivity contribution in [2.45, 2.75) is 24.3 Å². The second kappa shape index (κ2) is 9.22. The minimum Gasteiger partial charge on any atom is -0.322 e. The highest BCUT2D eigenvalue weighted by Gasteiger charge is 2.43. The highest BCUT2D eigenvalue weighted by Crippen LogP contribution is 2.27. The van der Waals surface area contributed by atoms with Gasteiger partial charge in [-0.25, -0.2) is 13.2 Å². The largest absolute Gasteiger partial charge is 0.322 e. The summed E-state index contributed by atoms with van der Waals surface area (Å²) >= 11 is 0. The van der Waals surface area contributed by atoms with Gasteiger partial charge in [0.1, 0.15) is 5.54 Å². The second-order valence-corrected chi connectivity index (χ2v) is 9.96. The Hall–Kier alpha value is -4.18. The lowest BCUT2D eigenvalue weighted by molar-refractivity contribution is -0.123. The number of nitrogens with one attached hydrogen (secondary N) is 3. The van der Waals surface area contributed by atoms with Crippen LogP contribution in [0.5, 0.6) is 0 Å². The van der Waals surface area contributed by atoms with E-state index in [1.165, 1.54) is 28.6 Å². The molecule has 1 aliphatic heterocycles. The molecule has 0 spiro atoms. The first-order chi connectivity index (χ1) is 16.6. The van der Waals surface area contributed by atoms with Crippen molar-refractivity contribution in [2.24, 2.45) is 0 Å². The molecule has 180 valence electrons. The fraction of sp³-hybridized carbons (Fsp3) is 0.160. The van der Waals surface area contributed by atoms with Crippen LogP contribution in [0.2, 0.25) is 0 Å². The van der Waals surface area contributed by atoms with Gasteiger partial charge in [-0.15, -0.1) is 0 Å². The molecule has 0 bridgehead atoms. The van der Waals surface area contributed by atoms with E-state index in [1.807, 2.05) is 0 Å². The van der Waals surface area contributed by atoms with E-state index in [2.05, 4.69) is 16.0 Å². The standard InChI is InChI=1S/C25H24N4O5S/c1-3-29(20-9-5-4-6-10-20)35(33,34)21-11-7-8-17(16-21)22(30)26-19-14-12-18(13-15-19)25(2)23(31)27-24(32)28-25/h4-16H,3H2,1-2H3,(H,26,30)(H2,27,28,31,32). The summed E-state index contributed by atoms with van der Waals surface area (Å²) in [5.74, 6) is -0.954. The van der Waals surface area contributed by atoms with Crippen molar-refractivity contribution in [2.75, 3.05) is 16.2 Å². The highest BCUT2D eigenvalue weighted by molar-refractivity contribution is 7.92. The van der Waals surface area contributed by atoms with Crippen LogP contribution >= 0.6 is 0 Å². The molecule has 1 fully saturated rings. The predicted octanol–water partition coefficient (Wildman–Crippen LogP) is 3.21. The van der Waals surface area contributed by atoms with Crippen LogP contribution in [0.4, 0.5) is 16.2 Å². The van der Waals surface area contributed by atoms with Crippen LogP contribution < -0.4 is 20.3 Å². The number of urea groups is 1. The Morgan fingerprint density at radius 2 is 1.66 bits per heavy atom. The van der Waals surface area contributed by atoms with Gasteiger partial charge in [0.05, 0.1) is 10.6 Å². The third-order valence-electron chi connectivity index (χ3n) is 5.78. The smallest absolute Gasteiger partial charge is 0.322 e. The molecule has 1 saturated heterocycles. The first-order valence-electron chi connectivity index (χ1n) is 10.9. The third kappa shape index (κ3) is 4.60. The molecule has 10 heteroatoms. The summed E-state index contributed by atoms with van der Waals surface area (Å²) in [5.41, 5.74) is 0.499. The Morgan fingerprint density at radius 1 is 0.971 bits per heavy atom. The molecule has 0 aliphatic carbocycles. The van der Waals surface area contributed by atoms with E-state index in [4.69, 9.17) is 0 Å².